The van der Waals surface area contributed by atoms with Gasteiger partial charge in [-0.25, -0.2) is 0 Å². The van der Waals surface area contributed by atoms with Gasteiger partial charge in [-0.3, -0.25) is 19.3 Å². The number of hydrogen-bond acceptors (Lipinski definition) is 9. The number of nitrogens with zero attached hydrogens (tertiary/aromatic N) is 1. The van der Waals surface area contributed by atoms with Crippen LogP contribution in [0.5, 0.6) is 5.75 Å². The molecule has 4 aliphatic rings. The van der Waals surface area contributed by atoms with Crippen molar-refractivity contribution in [1.82, 2.24) is 10.2 Å². The highest BCUT2D eigenvalue weighted by Crippen LogP contribution is 2.53. The van der Waals surface area contributed by atoms with Gasteiger partial charge in [0.2, 0.25) is 5.78 Å². The van der Waals surface area contributed by atoms with Gasteiger partial charge < -0.3 is 31.5 Å². The Bertz CT molecular complexity index is 1570. The topological polar surface area (TPSA) is 173 Å². The standard InChI is InChI=1S/C31H35N3O7/c1-34(2)24-20-12-17-11-16-10-15-8-7-14(13-33-18-5-3-4-6-18)9-19(15)25(35)21(16)26(36)22(17)28(38)31(20,41)29(39)23(27(24)37)30(32)40/h7-10,17-18,20,24,33,35-36,39,41H,3-6,11-13H2,1-2H3,(H2,32,40)/t17-,20-,24-,31-/m0/s1. The number of Topliss-reactive ketones (excluding diaryl/α,β-unsaturated/α-hetero) is 2. The Morgan fingerprint density at radius 1 is 1.12 bits per heavy atom. The van der Waals surface area contributed by atoms with Crippen molar-refractivity contribution in [2.24, 2.45) is 17.6 Å². The van der Waals surface area contributed by atoms with Gasteiger partial charge in [-0.1, -0.05) is 31.0 Å². The van der Waals surface area contributed by atoms with Gasteiger partial charge in [0.25, 0.3) is 5.91 Å². The molecule has 1 amide bonds. The average molecular weight is 562 g/mol. The summed E-state index contributed by atoms with van der Waals surface area (Å²) in [6, 6.07) is 7.06. The molecule has 2 fully saturated rings. The molecule has 2 aromatic carbocycles. The number of benzene rings is 2. The van der Waals surface area contributed by atoms with Crippen molar-refractivity contribution in [3.8, 4) is 5.75 Å². The number of primary amides is 1. The molecule has 0 unspecified atom stereocenters. The number of carbonyl (C=O) groups is 3. The van der Waals surface area contributed by atoms with Gasteiger partial charge in [0.1, 0.15) is 22.8 Å². The number of nitrogens with two attached hydrogens (primary N) is 1. The Kier molecular flexibility index (Phi) is 6.48. The van der Waals surface area contributed by atoms with Gasteiger partial charge in [0.15, 0.2) is 11.4 Å². The SMILES string of the molecule is CN(C)[C@@H]1C(=O)C(C(N)=O)=C(O)[C@@]2(O)C(=O)C3=C(O)c4c(cc5ccc(CNC6CCCC6)cc5c4O)C[C@H]3C[C@@H]12. The Hall–Kier alpha value is -3.73. The number of carbonyl (C=O) groups excluding carboxylic acids is 3. The van der Waals surface area contributed by atoms with Gasteiger partial charge in [0, 0.05) is 29.5 Å². The summed E-state index contributed by atoms with van der Waals surface area (Å²) < 4.78 is 0. The molecule has 0 aliphatic heterocycles. The van der Waals surface area contributed by atoms with Crippen molar-refractivity contribution in [2.75, 3.05) is 14.1 Å². The highest BCUT2D eigenvalue weighted by Gasteiger charge is 2.64. The monoisotopic (exact) mass is 561 g/mol. The third-order valence-corrected chi connectivity index (χ3v) is 9.54. The van der Waals surface area contributed by atoms with Crippen molar-refractivity contribution < 1.29 is 34.8 Å². The second kappa shape index (κ2) is 9.68. The van der Waals surface area contributed by atoms with Crippen LogP contribution in [-0.2, 0) is 27.3 Å². The lowest BCUT2D eigenvalue weighted by Gasteiger charge is -2.50. The number of likely N-dealkylation sites (N-methyl/N-ethyl adjacent to an activating group) is 1. The summed E-state index contributed by atoms with van der Waals surface area (Å²) in [5, 5.41) is 50.5. The summed E-state index contributed by atoms with van der Waals surface area (Å²) in [5.41, 5.74) is 3.49. The molecule has 4 atom stereocenters. The Balaban J connectivity index is 1.45. The summed E-state index contributed by atoms with van der Waals surface area (Å²) in [7, 11) is 3.16. The van der Waals surface area contributed by atoms with E-state index in [4.69, 9.17) is 5.73 Å². The predicted molar refractivity (Wildman–Crippen MR) is 151 cm³/mol. The van der Waals surface area contributed by atoms with E-state index >= 15 is 0 Å². The molecule has 0 saturated heterocycles. The van der Waals surface area contributed by atoms with Gasteiger partial charge in [0.05, 0.1) is 11.6 Å². The number of hydrogen-bond donors (Lipinski definition) is 6. The summed E-state index contributed by atoms with van der Waals surface area (Å²) >= 11 is 0. The molecule has 6 rings (SSSR count). The van der Waals surface area contributed by atoms with Crippen LogP contribution in [0.4, 0.5) is 0 Å². The van der Waals surface area contributed by atoms with Gasteiger partial charge >= 0.3 is 0 Å². The van der Waals surface area contributed by atoms with Crippen molar-refractivity contribution >= 4 is 34.0 Å². The van der Waals surface area contributed by atoms with Crippen molar-refractivity contribution in [1.29, 1.82) is 0 Å². The predicted octanol–water partition coefficient (Wildman–Crippen LogP) is 2.15. The molecule has 2 saturated carbocycles. The number of ketones is 2. The van der Waals surface area contributed by atoms with Crippen LogP contribution in [-0.4, -0.2) is 74.6 Å². The molecule has 2 aromatic rings. The second-order valence-electron chi connectivity index (χ2n) is 12.1. The van der Waals surface area contributed by atoms with Crippen LogP contribution in [0, 0.1) is 11.8 Å². The lowest BCUT2D eigenvalue weighted by atomic mass is 9.57. The van der Waals surface area contributed by atoms with E-state index in [0.717, 1.165) is 23.8 Å². The summed E-state index contributed by atoms with van der Waals surface area (Å²) in [6.07, 6.45) is 5.06. The van der Waals surface area contributed by atoms with Gasteiger partial charge in [-0.05, 0) is 68.3 Å². The van der Waals surface area contributed by atoms with Crippen molar-refractivity contribution in [3.63, 3.8) is 0 Å². The zero-order valence-corrected chi connectivity index (χ0v) is 23.1. The van der Waals surface area contributed by atoms with E-state index in [1.807, 2.05) is 24.3 Å². The van der Waals surface area contributed by atoms with Crippen LogP contribution in [0.1, 0.15) is 48.8 Å². The first-order valence-corrected chi connectivity index (χ1v) is 14.1. The van der Waals surface area contributed by atoms with Gasteiger partial charge in [-0.2, -0.15) is 0 Å². The summed E-state index contributed by atoms with van der Waals surface area (Å²) in [4.78, 5) is 40.8. The highest BCUT2D eigenvalue weighted by molar-refractivity contribution is 6.24. The minimum absolute atomic E-state index is 0.0658. The lowest BCUT2D eigenvalue weighted by Crippen LogP contribution is -2.65. The largest absolute Gasteiger partial charge is 0.508 e. The van der Waals surface area contributed by atoms with Crippen LogP contribution >= 0.6 is 0 Å². The molecule has 4 aliphatic carbocycles. The molecule has 0 heterocycles. The quantitative estimate of drug-likeness (QED) is 0.299. The van der Waals surface area contributed by atoms with E-state index in [-0.39, 0.29) is 29.7 Å². The first kappa shape index (κ1) is 27.4. The molecule has 7 N–H and O–H groups in total. The summed E-state index contributed by atoms with van der Waals surface area (Å²) in [6.45, 7) is 0.638. The molecule has 41 heavy (non-hydrogen) atoms. The Morgan fingerprint density at radius 3 is 2.49 bits per heavy atom. The van der Waals surface area contributed by atoms with Crippen LogP contribution in [0.25, 0.3) is 16.5 Å². The number of amides is 1. The second-order valence-corrected chi connectivity index (χ2v) is 12.1. The number of nitrogens with one attached hydrogen (secondary N) is 1. The van der Waals surface area contributed by atoms with E-state index in [0.29, 0.717) is 23.5 Å². The third-order valence-electron chi connectivity index (χ3n) is 9.54. The van der Waals surface area contributed by atoms with Crippen LogP contribution in [0.15, 0.2) is 41.2 Å². The summed E-state index contributed by atoms with van der Waals surface area (Å²) in [5.74, 6) is -6.45. The van der Waals surface area contributed by atoms with E-state index < -0.39 is 58.0 Å². The fourth-order valence-corrected chi connectivity index (χ4v) is 7.56. The minimum Gasteiger partial charge on any atom is -0.508 e. The number of aliphatic hydroxyl groups is 3. The zero-order chi connectivity index (χ0) is 29.4. The normalized spacial score (nSPS) is 28.3. The minimum atomic E-state index is -2.64. The smallest absolute Gasteiger partial charge is 0.255 e. The van der Waals surface area contributed by atoms with Crippen LogP contribution in [0.3, 0.4) is 0 Å². The van der Waals surface area contributed by atoms with E-state index in [9.17, 15) is 34.8 Å². The van der Waals surface area contributed by atoms with E-state index in [2.05, 4.69) is 5.32 Å². The van der Waals surface area contributed by atoms with Crippen molar-refractivity contribution in [2.45, 2.75) is 62.8 Å². The molecule has 216 valence electrons. The molecule has 0 spiro atoms. The number of aliphatic hydroxyl groups excluding tert-OH is 2. The van der Waals surface area contributed by atoms with Gasteiger partial charge in [-0.15, -0.1) is 0 Å². The lowest BCUT2D eigenvalue weighted by molar-refractivity contribution is -0.153. The Morgan fingerprint density at radius 2 is 1.83 bits per heavy atom. The molecule has 10 heteroatoms. The van der Waals surface area contributed by atoms with Crippen LogP contribution < -0.4 is 11.1 Å². The number of fused-ring (bicyclic) bond motifs is 4. The fourth-order valence-electron chi connectivity index (χ4n) is 7.56. The molecule has 10 nitrogen and oxygen atoms in total. The number of phenols is 1. The van der Waals surface area contributed by atoms with Crippen molar-refractivity contribution in [3.05, 3.63) is 57.9 Å². The third kappa shape index (κ3) is 3.99. The maximum atomic E-state index is 14.0. The maximum absolute atomic E-state index is 14.0. The van der Waals surface area contributed by atoms with E-state index in [1.54, 1.807) is 14.1 Å². The first-order chi connectivity index (χ1) is 19.4. The molecule has 0 bridgehead atoms. The first-order valence-electron chi connectivity index (χ1n) is 14.1. The number of aromatic hydroxyl groups is 1. The molecular weight excluding hydrogens is 526 g/mol. The average Bonchev–Trinajstić information content (AvgIpc) is 3.43. The maximum Gasteiger partial charge on any atom is 0.255 e. The number of phenolic OH excluding ortho intramolecular Hbond substituents is 1. The fraction of sp³-hybridized carbons (Fsp3) is 0.452. The zero-order valence-electron chi connectivity index (χ0n) is 23.1. The highest BCUT2D eigenvalue weighted by atomic mass is 16.3. The Labute approximate surface area is 237 Å². The molecule has 0 aromatic heterocycles. The molecule has 0 radical (unpaired) electrons. The van der Waals surface area contributed by atoms with Crippen LogP contribution in [0.2, 0.25) is 0 Å². The molecular formula is C31H35N3O7. The number of rotatable bonds is 5. The van der Waals surface area contributed by atoms with E-state index in [1.165, 1.54) is 17.7 Å².